The number of nitriles is 1. The first kappa shape index (κ1) is 18.8. The molecule has 8 heteroatoms. The second kappa shape index (κ2) is 7.35. The van der Waals surface area contributed by atoms with Crippen LogP contribution in [-0.4, -0.2) is 41.2 Å². The molecular formula is C19H21FN4O3. The Morgan fingerprint density at radius 3 is 2.56 bits per heavy atom. The van der Waals surface area contributed by atoms with E-state index in [4.69, 9.17) is 11.0 Å². The first-order chi connectivity index (χ1) is 12.9. The van der Waals surface area contributed by atoms with E-state index in [2.05, 4.69) is 5.32 Å². The Labute approximate surface area is 156 Å². The van der Waals surface area contributed by atoms with Crippen LogP contribution in [0.15, 0.2) is 24.3 Å². The van der Waals surface area contributed by atoms with Gasteiger partial charge in [-0.25, -0.2) is 4.39 Å². The number of nitrogens with two attached hydrogens (primary N) is 1. The third-order valence-electron chi connectivity index (χ3n) is 5.25. The SMILES string of the molecule is N#C[C@H](CC(N)=O)NC(=O)[C@@H]1CCCN1C(=O)C1(c2ccc(F)cc2)CC1. The van der Waals surface area contributed by atoms with Crippen LogP contribution in [0.2, 0.25) is 0 Å². The molecule has 0 radical (unpaired) electrons. The monoisotopic (exact) mass is 372 g/mol. The van der Waals surface area contributed by atoms with Crippen LogP contribution in [0.25, 0.3) is 0 Å². The molecule has 2 atom stereocenters. The average Bonchev–Trinajstić information content (AvgIpc) is 3.29. The lowest BCUT2D eigenvalue weighted by atomic mass is 9.94. The Bertz CT molecular complexity index is 798. The molecular weight excluding hydrogens is 351 g/mol. The zero-order chi connectivity index (χ0) is 19.6. The number of rotatable bonds is 6. The van der Waals surface area contributed by atoms with Crippen LogP contribution < -0.4 is 11.1 Å². The number of primary amides is 1. The topological polar surface area (TPSA) is 116 Å². The molecule has 27 heavy (non-hydrogen) atoms. The van der Waals surface area contributed by atoms with Gasteiger partial charge >= 0.3 is 0 Å². The van der Waals surface area contributed by atoms with Crippen LogP contribution in [0.4, 0.5) is 4.39 Å². The van der Waals surface area contributed by atoms with Crippen molar-refractivity contribution in [3.05, 3.63) is 35.6 Å². The lowest BCUT2D eigenvalue weighted by molar-refractivity contribution is -0.140. The van der Waals surface area contributed by atoms with Crippen LogP contribution in [0.3, 0.4) is 0 Å². The van der Waals surface area contributed by atoms with Crippen molar-refractivity contribution in [2.45, 2.75) is 49.6 Å². The molecule has 7 nitrogen and oxygen atoms in total. The van der Waals surface area contributed by atoms with E-state index < -0.39 is 29.3 Å². The summed E-state index contributed by atoms with van der Waals surface area (Å²) < 4.78 is 13.2. The van der Waals surface area contributed by atoms with Gasteiger partial charge in [0.25, 0.3) is 0 Å². The minimum Gasteiger partial charge on any atom is -0.370 e. The Morgan fingerprint density at radius 2 is 2.00 bits per heavy atom. The van der Waals surface area contributed by atoms with Gasteiger partial charge in [0.15, 0.2) is 0 Å². The third-order valence-corrected chi connectivity index (χ3v) is 5.25. The predicted octanol–water partition coefficient (Wildman–Crippen LogP) is 0.732. The van der Waals surface area contributed by atoms with E-state index in [-0.39, 0.29) is 18.1 Å². The molecule has 3 rings (SSSR count). The molecule has 2 fully saturated rings. The number of benzene rings is 1. The highest BCUT2D eigenvalue weighted by Crippen LogP contribution is 2.50. The zero-order valence-corrected chi connectivity index (χ0v) is 14.8. The summed E-state index contributed by atoms with van der Waals surface area (Å²) in [5.74, 6) is -1.65. The number of hydrogen-bond acceptors (Lipinski definition) is 4. The van der Waals surface area contributed by atoms with E-state index >= 15 is 0 Å². The molecule has 0 bridgehead atoms. The quantitative estimate of drug-likeness (QED) is 0.766. The van der Waals surface area contributed by atoms with Crippen molar-refractivity contribution in [1.82, 2.24) is 10.2 Å². The Balaban J connectivity index is 1.73. The smallest absolute Gasteiger partial charge is 0.243 e. The van der Waals surface area contributed by atoms with Crippen molar-refractivity contribution in [2.75, 3.05) is 6.54 Å². The van der Waals surface area contributed by atoms with Crippen molar-refractivity contribution in [1.29, 1.82) is 5.26 Å². The van der Waals surface area contributed by atoms with Gasteiger partial charge in [-0.3, -0.25) is 14.4 Å². The van der Waals surface area contributed by atoms with Gasteiger partial charge in [0.2, 0.25) is 17.7 Å². The first-order valence-corrected chi connectivity index (χ1v) is 8.93. The highest BCUT2D eigenvalue weighted by Gasteiger charge is 2.55. The minimum absolute atomic E-state index is 0.143. The number of nitrogens with zero attached hydrogens (tertiary/aromatic N) is 2. The maximum Gasteiger partial charge on any atom is 0.243 e. The normalized spacial score (nSPS) is 21.2. The van der Waals surface area contributed by atoms with Gasteiger partial charge in [-0.15, -0.1) is 0 Å². The molecule has 3 N–H and O–H groups in total. The molecule has 0 aromatic heterocycles. The number of halogens is 1. The van der Waals surface area contributed by atoms with E-state index in [9.17, 15) is 18.8 Å². The molecule has 142 valence electrons. The van der Waals surface area contributed by atoms with Gasteiger partial charge in [0, 0.05) is 6.54 Å². The van der Waals surface area contributed by atoms with Crippen molar-refractivity contribution in [3.8, 4) is 6.07 Å². The number of carbonyl (C=O) groups excluding carboxylic acids is 3. The van der Waals surface area contributed by atoms with Gasteiger partial charge in [0.1, 0.15) is 17.9 Å². The van der Waals surface area contributed by atoms with Crippen molar-refractivity contribution in [3.63, 3.8) is 0 Å². The van der Waals surface area contributed by atoms with Gasteiger partial charge < -0.3 is 16.0 Å². The average molecular weight is 372 g/mol. The number of nitrogens with one attached hydrogen (secondary N) is 1. The summed E-state index contributed by atoms with van der Waals surface area (Å²) in [7, 11) is 0. The standard InChI is InChI=1S/C19H21FN4O3/c20-13-5-3-12(4-6-13)19(7-8-19)18(27)24-9-1-2-15(24)17(26)23-14(11-21)10-16(22)25/h3-6,14-15H,1-2,7-10H2,(H2,22,25)(H,23,26)/t14-,15-/m0/s1. The van der Waals surface area contributed by atoms with Gasteiger partial charge in [-0.2, -0.15) is 5.26 Å². The molecule has 2 aliphatic rings. The molecule has 1 heterocycles. The van der Waals surface area contributed by atoms with Crippen molar-refractivity contribution < 1.29 is 18.8 Å². The molecule has 3 amide bonds. The van der Waals surface area contributed by atoms with Crippen LogP contribution in [0, 0.1) is 17.1 Å². The number of carbonyl (C=O) groups is 3. The summed E-state index contributed by atoms with van der Waals surface area (Å²) >= 11 is 0. The molecule has 0 unspecified atom stereocenters. The Kier molecular flexibility index (Phi) is 5.13. The highest BCUT2D eigenvalue weighted by atomic mass is 19.1. The third kappa shape index (κ3) is 3.77. The maximum atomic E-state index is 13.2. The zero-order valence-electron chi connectivity index (χ0n) is 14.8. The summed E-state index contributed by atoms with van der Waals surface area (Å²) in [6, 6.07) is 6.03. The lowest BCUT2D eigenvalue weighted by Crippen LogP contribution is -2.51. The second-order valence-corrected chi connectivity index (χ2v) is 7.11. The molecule has 1 saturated carbocycles. The van der Waals surface area contributed by atoms with E-state index in [1.165, 1.54) is 12.1 Å². The fourth-order valence-corrected chi connectivity index (χ4v) is 3.68. The summed E-state index contributed by atoms with van der Waals surface area (Å²) in [6.45, 7) is 0.451. The molecule has 1 aliphatic heterocycles. The van der Waals surface area contributed by atoms with Crippen molar-refractivity contribution in [2.24, 2.45) is 5.73 Å². The van der Waals surface area contributed by atoms with Crippen LogP contribution >= 0.6 is 0 Å². The summed E-state index contributed by atoms with van der Waals surface area (Å²) in [6.07, 6.45) is 2.21. The number of likely N-dealkylation sites (tertiary alicyclic amines) is 1. The molecule has 1 aromatic carbocycles. The predicted molar refractivity (Wildman–Crippen MR) is 93.4 cm³/mol. The van der Waals surface area contributed by atoms with Crippen LogP contribution in [0.1, 0.15) is 37.7 Å². The number of amides is 3. The second-order valence-electron chi connectivity index (χ2n) is 7.11. The van der Waals surface area contributed by atoms with E-state index in [0.717, 1.165) is 5.56 Å². The number of hydrogen-bond donors (Lipinski definition) is 2. The van der Waals surface area contributed by atoms with Gasteiger partial charge in [-0.1, -0.05) is 12.1 Å². The molecule has 0 spiro atoms. The lowest BCUT2D eigenvalue weighted by Gasteiger charge is -2.29. The highest BCUT2D eigenvalue weighted by molar-refractivity contribution is 5.96. The Morgan fingerprint density at radius 1 is 1.33 bits per heavy atom. The van der Waals surface area contributed by atoms with E-state index in [0.29, 0.717) is 32.2 Å². The van der Waals surface area contributed by atoms with Crippen LogP contribution in [0.5, 0.6) is 0 Å². The van der Waals surface area contributed by atoms with Crippen molar-refractivity contribution >= 4 is 17.7 Å². The van der Waals surface area contributed by atoms with Gasteiger partial charge in [0.05, 0.1) is 17.9 Å². The summed E-state index contributed by atoms with van der Waals surface area (Å²) in [5, 5.41) is 11.6. The maximum absolute atomic E-state index is 13.2. The van der Waals surface area contributed by atoms with Crippen LogP contribution in [-0.2, 0) is 19.8 Å². The summed E-state index contributed by atoms with van der Waals surface area (Å²) in [5.41, 5.74) is 5.14. The molecule has 1 saturated heterocycles. The molecule has 1 aliphatic carbocycles. The van der Waals surface area contributed by atoms with E-state index in [1.807, 2.05) is 6.07 Å². The fraction of sp³-hybridized carbons (Fsp3) is 0.474. The van der Waals surface area contributed by atoms with E-state index in [1.54, 1.807) is 17.0 Å². The fourth-order valence-electron chi connectivity index (χ4n) is 3.68. The largest absolute Gasteiger partial charge is 0.370 e. The Hall–Kier alpha value is -2.95. The minimum atomic E-state index is -1.01. The first-order valence-electron chi connectivity index (χ1n) is 8.93. The van der Waals surface area contributed by atoms with Gasteiger partial charge in [-0.05, 0) is 43.4 Å². The molecule has 1 aromatic rings. The summed E-state index contributed by atoms with van der Waals surface area (Å²) in [4.78, 5) is 38.3.